The standard InChI is InChI=1S/C13H15ClO3/c1-3-8(2)13(15)9-6-11-12(7-10(9)14)17-5-4-16-11/h6-8H,3-5H2,1-2H3. The SMILES string of the molecule is CCC(C)C(=O)c1cc2c(cc1Cl)OCCO2. The molecule has 0 spiro atoms. The number of Topliss-reactive ketones (excluding diaryl/α,β-unsaturated/α-hetero) is 1. The number of ether oxygens (including phenoxy) is 2. The molecule has 0 aliphatic carbocycles. The number of carbonyl (C=O) groups is 1. The minimum atomic E-state index is -0.0324. The summed E-state index contributed by atoms with van der Waals surface area (Å²) in [4.78, 5) is 12.1. The molecular weight excluding hydrogens is 240 g/mol. The van der Waals surface area contributed by atoms with Crippen LogP contribution in [-0.4, -0.2) is 19.0 Å². The maximum Gasteiger partial charge on any atom is 0.167 e. The molecule has 0 radical (unpaired) electrons. The van der Waals surface area contributed by atoms with E-state index in [9.17, 15) is 4.79 Å². The summed E-state index contributed by atoms with van der Waals surface area (Å²) in [6.07, 6.45) is 0.795. The first-order valence-corrected chi connectivity index (χ1v) is 6.14. The molecule has 1 unspecified atom stereocenters. The summed E-state index contributed by atoms with van der Waals surface area (Å²) in [7, 11) is 0. The lowest BCUT2D eigenvalue weighted by Gasteiger charge is -2.20. The lowest BCUT2D eigenvalue weighted by atomic mass is 9.97. The fourth-order valence-electron chi connectivity index (χ4n) is 1.70. The topological polar surface area (TPSA) is 35.5 Å². The molecule has 1 atom stereocenters. The van der Waals surface area contributed by atoms with E-state index in [2.05, 4.69) is 0 Å². The summed E-state index contributed by atoms with van der Waals surface area (Å²) in [6, 6.07) is 3.34. The van der Waals surface area contributed by atoms with Gasteiger partial charge in [-0.15, -0.1) is 0 Å². The molecule has 1 aromatic carbocycles. The first kappa shape index (κ1) is 12.2. The van der Waals surface area contributed by atoms with Crippen LogP contribution in [0.1, 0.15) is 30.6 Å². The molecule has 0 aromatic heterocycles. The van der Waals surface area contributed by atoms with E-state index in [1.807, 2.05) is 13.8 Å². The highest BCUT2D eigenvalue weighted by Crippen LogP contribution is 2.36. The smallest absolute Gasteiger partial charge is 0.167 e. The molecule has 1 aromatic rings. The molecule has 0 saturated carbocycles. The molecule has 92 valence electrons. The highest BCUT2D eigenvalue weighted by Gasteiger charge is 2.21. The van der Waals surface area contributed by atoms with Gasteiger partial charge in [0.25, 0.3) is 0 Å². The van der Waals surface area contributed by atoms with Crippen LogP contribution in [0.4, 0.5) is 0 Å². The Morgan fingerprint density at radius 3 is 2.53 bits per heavy atom. The molecule has 4 heteroatoms. The second-order valence-electron chi connectivity index (χ2n) is 4.15. The normalized spacial score (nSPS) is 15.5. The Morgan fingerprint density at radius 2 is 1.94 bits per heavy atom. The van der Waals surface area contributed by atoms with Crippen LogP contribution in [0.2, 0.25) is 5.02 Å². The van der Waals surface area contributed by atoms with Crippen LogP contribution in [0, 0.1) is 5.92 Å². The van der Waals surface area contributed by atoms with Gasteiger partial charge < -0.3 is 9.47 Å². The molecule has 17 heavy (non-hydrogen) atoms. The second-order valence-corrected chi connectivity index (χ2v) is 4.56. The molecule has 0 amide bonds. The number of benzene rings is 1. The molecule has 0 N–H and O–H groups in total. The van der Waals surface area contributed by atoms with Crippen molar-refractivity contribution in [3.63, 3.8) is 0 Å². The van der Waals surface area contributed by atoms with Crippen molar-refractivity contribution in [2.45, 2.75) is 20.3 Å². The van der Waals surface area contributed by atoms with Crippen molar-refractivity contribution in [1.29, 1.82) is 0 Å². The number of rotatable bonds is 3. The first-order chi connectivity index (χ1) is 8.13. The Morgan fingerprint density at radius 1 is 1.35 bits per heavy atom. The van der Waals surface area contributed by atoms with Crippen LogP contribution in [0.5, 0.6) is 11.5 Å². The van der Waals surface area contributed by atoms with Crippen LogP contribution in [0.15, 0.2) is 12.1 Å². The number of hydrogen-bond donors (Lipinski definition) is 0. The minimum absolute atomic E-state index is 0.0324. The molecule has 0 saturated heterocycles. The quantitative estimate of drug-likeness (QED) is 0.776. The van der Waals surface area contributed by atoms with Crippen LogP contribution < -0.4 is 9.47 Å². The Balaban J connectivity index is 2.38. The van der Waals surface area contributed by atoms with Gasteiger partial charge in [-0.2, -0.15) is 0 Å². The molecular formula is C13H15ClO3. The van der Waals surface area contributed by atoms with Gasteiger partial charge in [-0.3, -0.25) is 4.79 Å². The van der Waals surface area contributed by atoms with Gasteiger partial charge in [-0.25, -0.2) is 0 Å². The zero-order valence-corrected chi connectivity index (χ0v) is 10.7. The van der Waals surface area contributed by atoms with Crippen LogP contribution in [-0.2, 0) is 0 Å². The Hall–Kier alpha value is -1.22. The molecule has 3 nitrogen and oxygen atoms in total. The van der Waals surface area contributed by atoms with E-state index in [0.29, 0.717) is 35.3 Å². The molecule has 2 rings (SSSR count). The number of fused-ring (bicyclic) bond motifs is 1. The highest BCUT2D eigenvalue weighted by molar-refractivity contribution is 6.34. The van der Waals surface area contributed by atoms with E-state index in [4.69, 9.17) is 21.1 Å². The van der Waals surface area contributed by atoms with E-state index in [1.165, 1.54) is 0 Å². The predicted octanol–water partition coefficient (Wildman–Crippen LogP) is 3.34. The lowest BCUT2D eigenvalue weighted by molar-refractivity contribution is 0.0926. The summed E-state index contributed by atoms with van der Waals surface area (Å²) < 4.78 is 10.9. The van der Waals surface area contributed by atoms with Gasteiger partial charge in [0.2, 0.25) is 0 Å². The van der Waals surface area contributed by atoms with Crippen molar-refractivity contribution in [3.05, 3.63) is 22.7 Å². The zero-order valence-electron chi connectivity index (χ0n) is 9.96. The fraction of sp³-hybridized carbons (Fsp3) is 0.462. The molecule has 1 aliphatic heterocycles. The van der Waals surface area contributed by atoms with Crippen LogP contribution in [0.3, 0.4) is 0 Å². The number of halogens is 1. The molecule has 1 aliphatic rings. The summed E-state index contributed by atoms with van der Waals surface area (Å²) in [5, 5.41) is 0.430. The van der Waals surface area contributed by atoms with Crippen molar-refractivity contribution >= 4 is 17.4 Å². The third-order valence-electron chi connectivity index (χ3n) is 2.96. The zero-order chi connectivity index (χ0) is 12.4. The van der Waals surface area contributed by atoms with Gasteiger partial charge >= 0.3 is 0 Å². The maximum absolute atomic E-state index is 12.1. The summed E-state index contributed by atoms with van der Waals surface area (Å²) in [6.45, 7) is 4.90. The summed E-state index contributed by atoms with van der Waals surface area (Å²) >= 11 is 6.10. The first-order valence-electron chi connectivity index (χ1n) is 5.76. The van der Waals surface area contributed by atoms with Gasteiger partial charge in [0.05, 0.1) is 5.02 Å². The van der Waals surface area contributed by atoms with Gasteiger partial charge in [-0.1, -0.05) is 25.4 Å². The van der Waals surface area contributed by atoms with Crippen molar-refractivity contribution in [1.82, 2.24) is 0 Å². The molecule has 0 fully saturated rings. The Bertz CT molecular complexity index is 443. The minimum Gasteiger partial charge on any atom is -0.486 e. The van der Waals surface area contributed by atoms with Gasteiger partial charge in [0.1, 0.15) is 13.2 Å². The van der Waals surface area contributed by atoms with Gasteiger partial charge in [0, 0.05) is 17.5 Å². The van der Waals surface area contributed by atoms with Crippen LogP contribution >= 0.6 is 11.6 Å². The highest BCUT2D eigenvalue weighted by atomic mass is 35.5. The Kier molecular flexibility index (Phi) is 3.57. The van der Waals surface area contributed by atoms with Crippen molar-refractivity contribution < 1.29 is 14.3 Å². The Labute approximate surface area is 106 Å². The average molecular weight is 255 g/mol. The maximum atomic E-state index is 12.1. The van der Waals surface area contributed by atoms with Gasteiger partial charge in [-0.05, 0) is 12.5 Å². The van der Waals surface area contributed by atoms with E-state index in [-0.39, 0.29) is 11.7 Å². The summed E-state index contributed by atoms with van der Waals surface area (Å²) in [5.41, 5.74) is 0.519. The van der Waals surface area contributed by atoms with Crippen LogP contribution in [0.25, 0.3) is 0 Å². The van der Waals surface area contributed by atoms with Gasteiger partial charge in [0.15, 0.2) is 17.3 Å². The summed E-state index contributed by atoms with van der Waals surface area (Å²) in [5.74, 6) is 1.23. The molecule has 0 bridgehead atoms. The second kappa shape index (κ2) is 4.96. The molecule has 1 heterocycles. The number of hydrogen-bond acceptors (Lipinski definition) is 3. The van der Waals surface area contributed by atoms with Crippen molar-refractivity contribution in [3.8, 4) is 11.5 Å². The predicted molar refractivity (Wildman–Crippen MR) is 66.2 cm³/mol. The third kappa shape index (κ3) is 2.39. The third-order valence-corrected chi connectivity index (χ3v) is 3.27. The van der Waals surface area contributed by atoms with Crippen molar-refractivity contribution in [2.24, 2.45) is 5.92 Å². The average Bonchev–Trinajstić information content (AvgIpc) is 2.36. The van der Waals surface area contributed by atoms with E-state index >= 15 is 0 Å². The fourth-order valence-corrected chi connectivity index (χ4v) is 1.95. The number of ketones is 1. The van der Waals surface area contributed by atoms with Crippen molar-refractivity contribution in [2.75, 3.05) is 13.2 Å². The van der Waals surface area contributed by atoms with E-state index < -0.39 is 0 Å². The number of carbonyl (C=O) groups excluding carboxylic acids is 1. The lowest BCUT2D eigenvalue weighted by Crippen LogP contribution is -2.17. The largest absolute Gasteiger partial charge is 0.486 e. The monoisotopic (exact) mass is 254 g/mol. The van der Waals surface area contributed by atoms with E-state index in [1.54, 1.807) is 12.1 Å². The van der Waals surface area contributed by atoms with E-state index in [0.717, 1.165) is 6.42 Å².